The van der Waals surface area contributed by atoms with Gasteiger partial charge in [-0.05, 0) is 30.5 Å². The maximum atomic E-state index is 13.2. The second kappa shape index (κ2) is 5.86. The Kier molecular flexibility index (Phi) is 4.17. The highest BCUT2D eigenvalue weighted by molar-refractivity contribution is 5.92. The topological polar surface area (TPSA) is 62.2 Å². The van der Waals surface area contributed by atoms with E-state index in [1.165, 1.54) is 12.1 Å². The highest BCUT2D eigenvalue weighted by Gasteiger charge is 2.19. The molecule has 0 bridgehead atoms. The average Bonchev–Trinajstić information content (AvgIpc) is 2.37. The van der Waals surface area contributed by atoms with Crippen LogP contribution < -0.4 is 5.32 Å². The summed E-state index contributed by atoms with van der Waals surface area (Å²) >= 11 is 0. The number of carbonyl (C=O) groups is 1. The van der Waals surface area contributed by atoms with Gasteiger partial charge in [-0.2, -0.15) is 0 Å². The van der Waals surface area contributed by atoms with Gasteiger partial charge in [-0.25, -0.2) is 9.18 Å². The van der Waals surface area contributed by atoms with Gasteiger partial charge in [0.1, 0.15) is 11.9 Å². The van der Waals surface area contributed by atoms with Crippen molar-refractivity contribution in [3.05, 3.63) is 36.3 Å². The molecule has 0 fully saturated rings. The molecule has 0 aliphatic carbocycles. The third-order valence-electron chi connectivity index (χ3n) is 3.04. The first-order valence-corrected chi connectivity index (χ1v) is 6.51. The molecule has 0 aliphatic rings. The number of benzene rings is 1. The molecule has 0 aliphatic heterocycles. The summed E-state index contributed by atoms with van der Waals surface area (Å²) in [4.78, 5) is 15.4. The van der Waals surface area contributed by atoms with Crippen molar-refractivity contribution < 1.29 is 14.3 Å². The van der Waals surface area contributed by atoms with E-state index in [1.54, 1.807) is 18.3 Å². The Bertz CT molecular complexity index is 628. The maximum Gasteiger partial charge on any atom is 0.326 e. The van der Waals surface area contributed by atoms with Crippen LogP contribution in [-0.2, 0) is 4.79 Å². The fourth-order valence-corrected chi connectivity index (χ4v) is 2.13. The van der Waals surface area contributed by atoms with Gasteiger partial charge >= 0.3 is 5.97 Å². The molecule has 0 saturated heterocycles. The zero-order valence-electron chi connectivity index (χ0n) is 11.4. The van der Waals surface area contributed by atoms with Gasteiger partial charge in [0.15, 0.2) is 0 Å². The molecule has 0 amide bonds. The number of aliphatic carboxylic acids is 1. The van der Waals surface area contributed by atoms with Crippen LogP contribution >= 0.6 is 0 Å². The monoisotopic (exact) mass is 276 g/mol. The minimum atomic E-state index is -0.897. The maximum absolute atomic E-state index is 13.2. The van der Waals surface area contributed by atoms with E-state index >= 15 is 0 Å². The number of pyridine rings is 1. The zero-order chi connectivity index (χ0) is 14.7. The van der Waals surface area contributed by atoms with E-state index in [1.807, 2.05) is 13.8 Å². The van der Waals surface area contributed by atoms with Crippen molar-refractivity contribution in [1.29, 1.82) is 0 Å². The number of halogens is 1. The van der Waals surface area contributed by atoms with Crippen LogP contribution in [0.25, 0.3) is 10.9 Å². The van der Waals surface area contributed by atoms with Crippen molar-refractivity contribution in [2.45, 2.75) is 26.3 Å². The molecule has 2 aromatic rings. The highest BCUT2D eigenvalue weighted by atomic mass is 19.1. The van der Waals surface area contributed by atoms with Crippen LogP contribution in [-0.4, -0.2) is 22.1 Å². The fourth-order valence-electron chi connectivity index (χ4n) is 2.13. The first-order chi connectivity index (χ1) is 9.47. The number of carboxylic acid groups (broad SMARTS) is 1. The number of carboxylic acids is 1. The number of aromatic nitrogens is 1. The number of rotatable bonds is 5. The molecule has 106 valence electrons. The van der Waals surface area contributed by atoms with Crippen molar-refractivity contribution in [2.75, 3.05) is 5.32 Å². The van der Waals surface area contributed by atoms with Gasteiger partial charge in [0.2, 0.25) is 0 Å². The van der Waals surface area contributed by atoms with Gasteiger partial charge in [-0.15, -0.1) is 0 Å². The minimum Gasteiger partial charge on any atom is -0.480 e. The third-order valence-corrected chi connectivity index (χ3v) is 3.04. The van der Waals surface area contributed by atoms with Crippen LogP contribution in [0.3, 0.4) is 0 Å². The van der Waals surface area contributed by atoms with Crippen LogP contribution in [0, 0.1) is 11.7 Å². The number of nitrogens with one attached hydrogen (secondary N) is 1. The van der Waals surface area contributed by atoms with E-state index < -0.39 is 12.0 Å². The van der Waals surface area contributed by atoms with Crippen molar-refractivity contribution >= 4 is 22.6 Å². The van der Waals surface area contributed by atoms with Crippen molar-refractivity contribution in [3.63, 3.8) is 0 Å². The first-order valence-electron chi connectivity index (χ1n) is 6.51. The number of nitrogens with zero attached hydrogens (tertiary/aromatic N) is 1. The molecule has 0 spiro atoms. The molecule has 0 saturated carbocycles. The van der Waals surface area contributed by atoms with Gasteiger partial charge in [0.05, 0.1) is 5.52 Å². The molecule has 1 unspecified atom stereocenters. The van der Waals surface area contributed by atoms with Gasteiger partial charge < -0.3 is 10.4 Å². The summed E-state index contributed by atoms with van der Waals surface area (Å²) in [7, 11) is 0. The SMILES string of the molecule is CC(C)CC(Nc1ccnc2cc(F)ccc12)C(=O)O. The molecule has 2 N–H and O–H groups in total. The molecular formula is C15H17FN2O2. The molecule has 0 radical (unpaired) electrons. The Morgan fingerprint density at radius 1 is 1.40 bits per heavy atom. The van der Waals surface area contributed by atoms with E-state index in [9.17, 15) is 14.3 Å². The van der Waals surface area contributed by atoms with E-state index in [0.717, 1.165) is 0 Å². The predicted molar refractivity (Wildman–Crippen MR) is 76.2 cm³/mol. The predicted octanol–water partition coefficient (Wildman–Crippen LogP) is 3.29. The minimum absolute atomic E-state index is 0.258. The summed E-state index contributed by atoms with van der Waals surface area (Å²) in [5, 5.41) is 13.0. The van der Waals surface area contributed by atoms with E-state index in [4.69, 9.17) is 0 Å². The lowest BCUT2D eigenvalue weighted by atomic mass is 10.0. The third kappa shape index (κ3) is 3.23. The Balaban J connectivity index is 2.34. The number of anilines is 1. The van der Waals surface area contributed by atoms with Crippen LogP contribution in [0.5, 0.6) is 0 Å². The summed E-state index contributed by atoms with van der Waals surface area (Å²) in [5.41, 5.74) is 1.16. The molecule has 1 atom stereocenters. The van der Waals surface area contributed by atoms with Gasteiger partial charge in [-0.1, -0.05) is 13.8 Å². The smallest absolute Gasteiger partial charge is 0.326 e. The number of hydrogen-bond acceptors (Lipinski definition) is 3. The largest absolute Gasteiger partial charge is 0.480 e. The quantitative estimate of drug-likeness (QED) is 0.879. The van der Waals surface area contributed by atoms with E-state index in [0.29, 0.717) is 23.0 Å². The lowest BCUT2D eigenvalue weighted by Gasteiger charge is -2.18. The van der Waals surface area contributed by atoms with Crippen molar-refractivity contribution in [3.8, 4) is 0 Å². The molecule has 2 rings (SSSR count). The fraction of sp³-hybridized carbons (Fsp3) is 0.333. The Hall–Kier alpha value is -2.17. The second-order valence-electron chi connectivity index (χ2n) is 5.18. The molecule has 4 nitrogen and oxygen atoms in total. The molecule has 1 aromatic heterocycles. The van der Waals surface area contributed by atoms with Gasteiger partial charge in [-0.3, -0.25) is 4.98 Å². The standard InChI is InChI=1S/C15H17FN2O2/c1-9(2)7-14(15(19)20)18-12-5-6-17-13-8-10(16)3-4-11(12)13/h3-6,8-9,14H,7H2,1-2H3,(H,17,18)(H,19,20). The average molecular weight is 276 g/mol. The second-order valence-corrected chi connectivity index (χ2v) is 5.18. The first kappa shape index (κ1) is 14.2. The van der Waals surface area contributed by atoms with Crippen molar-refractivity contribution in [1.82, 2.24) is 4.98 Å². The summed E-state index contributed by atoms with van der Waals surface area (Å²) in [6, 6.07) is 5.31. The van der Waals surface area contributed by atoms with Crippen LogP contribution in [0.1, 0.15) is 20.3 Å². The molecule has 5 heteroatoms. The van der Waals surface area contributed by atoms with Crippen LogP contribution in [0.4, 0.5) is 10.1 Å². The summed E-state index contributed by atoms with van der Waals surface area (Å²) in [6.45, 7) is 3.94. The number of fused-ring (bicyclic) bond motifs is 1. The lowest BCUT2D eigenvalue weighted by molar-refractivity contribution is -0.138. The Morgan fingerprint density at radius 2 is 2.15 bits per heavy atom. The zero-order valence-corrected chi connectivity index (χ0v) is 11.4. The normalized spacial score (nSPS) is 12.6. The molecule has 1 heterocycles. The lowest BCUT2D eigenvalue weighted by Crippen LogP contribution is -2.30. The summed E-state index contributed by atoms with van der Waals surface area (Å²) in [5.74, 6) is -1.00. The molecular weight excluding hydrogens is 259 g/mol. The van der Waals surface area contributed by atoms with Gasteiger partial charge in [0.25, 0.3) is 0 Å². The van der Waals surface area contributed by atoms with Gasteiger partial charge in [0, 0.05) is 23.3 Å². The summed E-state index contributed by atoms with van der Waals surface area (Å²) in [6.07, 6.45) is 2.05. The summed E-state index contributed by atoms with van der Waals surface area (Å²) < 4.78 is 13.2. The van der Waals surface area contributed by atoms with Crippen LogP contribution in [0.15, 0.2) is 30.5 Å². The highest BCUT2D eigenvalue weighted by Crippen LogP contribution is 2.24. The van der Waals surface area contributed by atoms with E-state index in [2.05, 4.69) is 10.3 Å². The van der Waals surface area contributed by atoms with Crippen molar-refractivity contribution in [2.24, 2.45) is 5.92 Å². The van der Waals surface area contributed by atoms with E-state index in [-0.39, 0.29) is 11.7 Å². The Labute approximate surface area is 116 Å². The Morgan fingerprint density at radius 3 is 2.80 bits per heavy atom. The molecule has 1 aromatic carbocycles. The van der Waals surface area contributed by atoms with Crippen LogP contribution in [0.2, 0.25) is 0 Å². The molecule has 20 heavy (non-hydrogen) atoms. The number of hydrogen-bond donors (Lipinski definition) is 2.